The minimum atomic E-state index is -0.744. The van der Waals surface area contributed by atoms with Crippen molar-refractivity contribution in [3.8, 4) is 5.75 Å². The maximum absolute atomic E-state index is 10.9. The molecule has 3 heteroatoms. The number of carbonyl (C=O) groups is 1. The molecule has 1 aromatic rings. The molecular formula is C14H20O3. The highest BCUT2D eigenvalue weighted by Gasteiger charge is 2.18. The van der Waals surface area contributed by atoms with E-state index < -0.39 is 5.97 Å². The number of rotatable bonds is 5. The van der Waals surface area contributed by atoms with Gasteiger partial charge in [-0.15, -0.1) is 0 Å². The van der Waals surface area contributed by atoms with Gasteiger partial charge in [0.2, 0.25) is 0 Å². The molecule has 1 atom stereocenters. The van der Waals surface area contributed by atoms with Gasteiger partial charge < -0.3 is 9.84 Å². The summed E-state index contributed by atoms with van der Waals surface area (Å²) in [4.78, 5) is 10.9. The standard InChI is InChI=1S/C14H20O3/c1-5-11(8-13(15)16)14-9(2)6-12(17-4)7-10(14)3/h6-7,11H,5,8H2,1-4H3,(H,15,16). The average molecular weight is 236 g/mol. The number of aryl methyl sites for hydroxylation is 2. The number of aliphatic carboxylic acids is 1. The monoisotopic (exact) mass is 236 g/mol. The van der Waals surface area contributed by atoms with E-state index in [1.165, 1.54) is 0 Å². The van der Waals surface area contributed by atoms with Gasteiger partial charge in [0.05, 0.1) is 13.5 Å². The van der Waals surface area contributed by atoms with Gasteiger partial charge in [-0.1, -0.05) is 6.92 Å². The molecule has 0 saturated heterocycles. The summed E-state index contributed by atoms with van der Waals surface area (Å²) in [5.41, 5.74) is 3.36. The van der Waals surface area contributed by atoms with E-state index in [0.717, 1.165) is 28.9 Å². The average Bonchev–Trinajstić information content (AvgIpc) is 2.25. The van der Waals surface area contributed by atoms with Crippen LogP contribution in [0.4, 0.5) is 0 Å². The summed E-state index contributed by atoms with van der Waals surface area (Å²) in [7, 11) is 1.64. The van der Waals surface area contributed by atoms with E-state index >= 15 is 0 Å². The molecule has 1 aromatic carbocycles. The van der Waals surface area contributed by atoms with Gasteiger partial charge in [-0.25, -0.2) is 0 Å². The Morgan fingerprint density at radius 2 is 1.88 bits per heavy atom. The van der Waals surface area contributed by atoms with Gasteiger partial charge in [0.1, 0.15) is 5.75 Å². The third-order valence-electron chi connectivity index (χ3n) is 3.12. The lowest BCUT2D eigenvalue weighted by Crippen LogP contribution is -2.09. The fraction of sp³-hybridized carbons (Fsp3) is 0.500. The summed E-state index contributed by atoms with van der Waals surface area (Å²) in [5, 5.41) is 8.93. The van der Waals surface area contributed by atoms with Crippen molar-refractivity contribution >= 4 is 5.97 Å². The van der Waals surface area contributed by atoms with Crippen LogP contribution in [-0.4, -0.2) is 18.2 Å². The van der Waals surface area contributed by atoms with Gasteiger partial charge in [-0.2, -0.15) is 0 Å². The van der Waals surface area contributed by atoms with Crippen LogP contribution in [0.1, 0.15) is 42.4 Å². The Labute approximate surface area is 102 Å². The number of benzene rings is 1. The number of carboxylic acid groups (broad SMARTS) is 1. The Hall–Kier alpha value is -1.51. The summed E-state index contributed by atoms with van der Waals surface area (Å²) in [6.45, 7) is 6.04. The summed E-state index contributed by atoms with van der Waals surface area (Å²) < 4.78 is 5.21. The number of hydrogen-bond donors (Lipinski definition) is 1. The molecule has 17 heavy (non-hydrogen) atoms. The SMILES string of the molecule is CCC(CC(=O)O)c1c(C)cc(OC)cc1C. The summed E-state index contributed by atoms with van der Waals surface area (Å²) in [5.74, 6) is 0.166. The van der Waals surface area contributed by atoms with Crippen LogP contribution in [-0.2, 0) is 4.79 Å². The predicted molar refractivity (Wildman–Crippen MR) is 67.8 cm³/mol. The van der Waals surface area contributed by atoms with Gasteiger partial charge in [-0.05, 0) is 55.0 Å². The number of hydrogen-bond acceptors (Lipinski definition) is 2. The Balaban J connectivity index is 3.15. The highest BCUT2D eigenvalue weighted by atomic mass is 16.5. The van der Waals surface area contributed by atoms with Crippen molar-refractivity contribution in [1.82, 2.24) is 0 Å². The summed E-state index contributed by atoms with van der Waals surface area (Å²) in [6, 6.07) is 3.93. The van der Waals surface area contributed by atoms with E-state index in [9.17, 15) is 4.79 Å². The molecule has 0 saturated carbocycles. The summed E-state index contributed by atoms with van der Waals surface area (Å²) in [6.07, 6.45) is 1.02. The molecule has 0 spiro atoms. The molecule has 0 fully saturated rings. The zero-order chi connectivity index (χ0) is 13.0. The molecule has 1 rings (SSSR count). The third-order valence-corrected chi connectivity index (χ3v) is 3.12. The van der Waals surface area contributed by atoms with Crippen LogP contribution in [0.2, 0.25) is 0 Å². The highest BCUT2D eigenvalue weighted by Crippen LogP contribution is 2.32. The van der Waals surface area contributed by atoms with Crippen LogP contribution >= 0.6 is 0 Å². The predicted octanol–water partition coefficient (Wildman–Crippen LogP) is 3.28. The summed E-state index contributed by atoms with van der Waals surface area (Å²) >= 11 is 0. The zero-order valence-corrected chi connectivity index (χ0v) is 10.9. The van der Waals surface area contributed by atoms with Gasteiger partial charge in [0, 0.05) is 0 Å². The topological polar surface area (TPSA) is 46.5 Å². The first kappa shape index (κ1) is 13.6. The molecule has 0 aliphatic heterocycles. The molecule has 3 nitrogen and oxygen atoms in total. The van der Waals surface area contributed by atoms with Crippen LogP contribution in [0.5, 0.6) is 5.75 Å². The largest absolute Gasteiger partial charge is 0.497 e. The molecular weight excluding hydrogens is 216 g/mol. The minimum Gasteiger partial charge on any atom is -0.497 e. The van der Waals surface area contributed by atoms with E-state index in [1.807, 2.05) is 32.9 Å². The first-order valence-electron chi connectivity index (χ1n) is 5.86. The second kappa shape index (κ2) is 5.71. The zero-order valence-electron chi connectivity index (χ0n) is 10.9. The van der Waals surface area contributed by atoms with Gasteiger partial charge in [0.25, 0.3) is 0 Å². The number of carboxylic acids is 1. The van der Waals surface area contributed by atoms with E-state index in [-0.39, 0.29) is 12.3 Å². The molecule has 94 valence electrons. The van der Waals surface area contributed by atoms with Crippen LogP contribution in [0.3, 0.4) is 0 Å². The molecule has 0 bridgehead atoms. The number of ether oxygens (including phenoxy) is 1. The van der Waals surface area contributed by atoms with Crippen molar-refractivity contribution in [3.63, 3.8) is 0 Å². The van der Waals surface area contributed by atoms with E-state index in [1.54, 1.807) is 7.11 Å². The Kier molecular flexibility index (Phi) is 4.55. The third kappa shape index (κ3) is 3.22. The quantitative estimate of drug-likeness (QED) is 0.853. The normalized spacial score (nSPS) is 12.2. The first-order valence-corrected chi connectivity index (χ1v) is 5.86. The fourth-order valence-corrected chi connectivity index (χ4v) is 2.36. The smallest absolute Gasteiger partial charge is 0.303 e. The number of methoxy groups -OCH3 is 1. The van der Waals surface area contributed by atoms with Gasteiger partial charge >= 0.3 is 5.97 Å². The maximum Gasteiger partial charge on any atom is 0.303 e. The molecule has 0 amide bonds. The molecule has 0 heterocycles. The van der Waals surface area contributed by atoms with Crippen LogP contribution in [0.25, 0.3) is 0 Å². The van der Waals surface area contributed by atoms with Crippen molar-refractivity contribution in [2.75, 3.05) is 7.11 Å². The Morgan fingerprint density at radius 1 is 1.35 bits per heavy atom. The molecule has 1 N–H and O–H groups in total. The maximum atomic E-state index is 10.9. The minimum absolute atomic E-state index is 0.0819. The second-order valence-electron chi connectivity index (χ2n) is 4.38. The van der Waals surface area contributed by atoms with E-state index in [4.69, 9.17) is 9.84 Å². The Bertz CT molecular complexity index is 387. The molecule has 0 radical (unpaired) electrons. The molecule has 0 aromatic heterocycles. The van der Waals surface area contributed by atoms with Crippen molar-refractivity contribution in [1.29, 1.82) is 0 Å². The molecule has 0 aliphatic carbocycles. The lowest BCUT2D eigenvalue weighted by molar-refractivity contribution is -0.137. The second-order valence-corrected chi connectivity index (χ2v) is 4.38. The first-order chi connectivity index (χ1) is 7.99. The van der Waals surface area contributed by atoms with Crippen LogP contribution in [0, 0.1) is 13.8 Å². The molecule has 0 aliphatic rings. The lowest BCUT2D eigenvalue weighted by atomic mass is 9.86. The van der Waals surface area contributed by atoms with Gasteiger partial charge in [0.15, 0.2) is 0 Å². The molecule has 1 unspecified atom stereocenters. The Morgan fingerprint density at radius 3 is 2.24 bits per heavy atom. The highest BCUT2D eigenvalue weighted by molar-refractivity contribution is 5.68. The van der Waals surface area contributed by atoms with Crippen LogP contribution < -0.4 is 4.74 Å². The van der Waals surface area contributed by atoms with Gasteiger partial charge in [-0.3, -0.25) is 4.79 Å². The van der Waals surface area contributed by atoms with Crippen molar-refractivity contribution in [2.24, 2.45) is 0 Å². The van der Waals surface area contributed by atoms with Crippen LogP contribution in [0.15, 0.2) is 12.1 Å². The van der Waals surface area contributed by atoms with Crippen molar-refractivity contribution in [3.05, 3.63) is 28.8 Å². The lowest BCUT2D eigenvalue weighted by Gasteiger charge is -2.19. The van der Waals surface area contributed by atoms with E-state index in [2.05, 4.69) is 0 Å². The van der Waals surface area contributed by atoms with Crippen molar-refractivity contribution < 1.29 is 14.6 Å². The fourth-order valence-electron chi connectivity index (χ4n) is 2.36. The van der Waals surface area contributed by atoms with E-state index in [0.29, 0.717) is 0 Å². The van der Waals surface area contributed by atoms with Crippen molar-refractivity contribution in [2.45, 2.75) is 39.5 Å².